The van der Waals surface area contributed by atoms with Gasteiger partial charge in [-0.3, -0.25) is 4.79 Å². The predicted octanol–water partition coefficient (Wildman–Crippen LogP) is 1.19. The van der Waals surface area contributed by atoms with Crippen molar-refractivity contribution < 1.29 is 13.2 Å². The van der Waals surface area contributed by atoms with Crippen LogP contribution in [0.15, 0.2) is 29.2 Å². The fourth-order valence-corrected chi connectivity index (χ4v) is 4.20. The number of carbonyl (C=O) groups is 1. The highest BCUT2D eigenvalue weighted by atomic mass is 32.2. The van der Waals surface area contributed by atoms with Crippen LogP contribution in [-0.4, -0.2) is 43.5 Å². The van der Waals surface area contributed by atoms with Crippen LogP contribution in [0.25, 0.3) is 0 Å². The molecule has 7 heteroatoms. The third-order valence-corrected chi connectivity index (χ3v) is 5.69. The number of nitrogens with one attached hydrogen (secondary N) is 1. The van der Waals surface area contributed by atoms with E-state index in [4.69, 9.17) is 0 Å². The molecule has 5 nitrogen and oxygen atoms in total. The first-order valence-electron chi connectivity index (χ1n) is 6.94. The van der Waals surface area contributed by atoms with Crippen LogP contribution < -0.4 is 5.32 Å². The van der Waals surface area contributed by atoms with Crippen LogP contribution in [-0.2, 0) is 14.8 Å². The average Bonchev–Trinajstić information content (AvgIpc) is 2.95. The lowest BCUT2D eigenvalue weighted by atomic mass is 10.2. The van der Waals surface area contributed by atoms with Crippen LogP contribution in [0, 0.1) is 6.92 Å². The van der Waals surface area contributed by atoms with Crippen LogP contribution >= 0.6 is 12.6 Å². The summed E-state index contributed by atoms with van der Waals surface area (Å²) in [6, 6.07) is 6.09. The SMILES string of the molecule is Cc1ccc(S(=O)(=O)N2CCC[C@@H]2C(=O)NCCS)cc1. The summed E-state index contributed by atoms with van der Waals surface area (Å²) in [5.74, 6) is 0.292. The Balaban J connectivity index is 2.22. The fourth-order valence-electron chi connectivity index (χ4n) is 2.43. The topological polar surface area (TPSA) is 66.5 Å². The van der Waals surface area contributed by atoms with Crippen molar-refractivity contribution in [1.29, 1.82) is 0 Å². The first kappa shape index (κ1) is 16.3. The summed E-state index contributed by atoms with van der Waals surface area (Å²) >= 11 is 4.04. The van der Waals surface area contributed by atoms with E-state index in [9.17, 15) is 13.2 Å². The molecule has 1 saturated heterocycles. The van der Waals surface area contributed by atoms with Gasteiger partial charge < -0.3 is 5.32 Å². The molecule has 1 aromatic rings. The number of aryl methyl sites for hydroxylation is 1. The third kappa shape index (κ3) is 3.59. The minimum Gasteiger partial charge on any atom is -0.354 e. The lowest BCUT2D eigenvalue weighted by Crippen LogP contribution is -2.46. The molecule has 1 heterocycles. The predicted molar refractivity (Wildman–Crippen MR) is 85.0 cm³/mol. The van der Waals surface area contributed by atoms with E-state index in [-0.39, 0.29) is 10.8 Å². The molecule has 1 aromatic carbocycles. The first-order valence-corrected chi connectivity index (χ1v) is 9.01. The summed E-state index contributed by atoms with van der Waals surface area (Å²) in [6.07, 6.45) is 1.26. The standard InChI is InChI=1S/C14H20N2O3S2/c1-11-4-6-12(7-5-11)21(18,19)16-9-2-3-13(16)14(17)15-8-10-20/h4-7,13,20H,2-3,8-10H2,1H3,(H,15,17)/t13-/m1/s1. The van der Waals surface area contributed by atoms with E-state index >= 15 is 0 Å². The number of thiol groups is 1. The summed E-state index contributed by atoms with van der Waals surface area (Å²) in [5, 5.41) is 2.72. The molecule has 1 atom stereocenters. The van der Waals surface area contributed by atoms with Gasteiger partial charge in [0.15, 0.2) is 0 Å². The number of sulfonamides is 1. The molecule has 0 spiro atoms. The Morgan fingerprint density at radius 1 is 1.38 bits per heavy atom. The molecule has 21 heavy (non-hydrogen) atoms. The fraction of sp³-hybridized carbons (Fsp3) is 0.500. The third-order valence-electron chi connectivity index (χ3n) is 3.54. The van der Waals surface area contributed by atoms with E-state index in [1.165, 1.54) is 4.31 Å². The molecule has 0 saturated carbocycles. The van der Waals surface area contributed by atoms with Gasteiger partial charge in [0.05, 0.1) is 4.90 Å². The van der Waals surface area contributed by atoms with Gasteiger partial charge >= 0.3 is 0 Å². The zero-order valence-electron chi connectivity index (χ0n) is 11.9. The van der Waals surface area contributed by atoms with Crippen LogP contribution in [0.2, 0.25) is 0 Å². The molecule has 1 fully saturated rings. The van der Waals surface area contributed by atoms with Gasteiger partial charge in [-0.05, 0) is 31.9 Å². The van der Waals surface area contributed by atoms with Gasteiger partial charge in [0.1, 0.15) is 6.04 Å². The summed E-state index contributed by atoms with van der Waals surface area (Å²) < 4.78 is 26.6. The molecule has 116 valence electrons. The van der Waals surface area contributed by atoms with E-state index in [0.29, 0.717) is 31.7 Å². The molecule has 0 radical (unpaired) electrons. The van der Waals surface area contributed by atoms with Crippen molar-refractivity contribution >= 4 is 28.6 Å². The Hall–Kier alpha value is -1.05. The largest absolute Gasteiger partial charge is 0.354 e. The van der Waals surface area contributed by atoms with Gasteiger partial charge in [-0.2, -0.15) is 16.9 Å². The molecular weight excluding hydrogens is 308 g/mol. The Kier molecular flexibility index (Phi) is 5.29. The lowest BCUT2D eigenvalue weighted by molar-refractivity contribution is -0.124. The van der Waals surface area contributed by atoms with Gasteiger partial charge in [0.2, 0.25) is 15.9 Å². The number of hydrogen-bond donors (Lipinski definition) is 2. The maximum absolute atomic E-state index is 12.7. The van der Waals surface area contributed by atoms with Gasteiger partial charge in [-0.15, -0.1) is 0 Å². The highest BCUT2D eigenvalue weighted by Gasteiger charge is 2.39. The molecular formula is C14H20N2O3S2. The van der Waals surface area contributed by atoms with Crippen LogP contribution in [0.4, 0.5) is 0 Å². The Labute approximate surface area is 131 Å². The van der Waals surface area contributed by atoms with Crippen molar-refractivity contribution in [2.75, 3.05) is 18.8 Å². The molecule has 0 aliphatic carbocycles. The zero-order valence-corrected chi connectivity index (χ0v) is 13.7. The minimum absolute atomic E-state index is 0.238. The van der Waals surface area contributed by atoms with Crippen molar-refractivity contribution in [2.24, 2.45) is 0 Å². The summed E-state index contributed by atoms with van der Waals surface area (Å²) in [5.41, 5.74) is 0.999. The van der Waals surface area contributed by atoms with E-state index in [1.54, 1.807) is 24.3 Å². The molecule has 2 rings (SSSR count). The quantitative estimate of drug-likeness (QED) is 0.798. The van der Waals surface area contributed by atoms with Crippen molar-refractivity contribution in [3.63, 3.8) is 0 Å². The van der Waals surface area contributed by atoms with Crippen molar-refractivity contribution in [1.82, 2.24) is 9.62 Å². The second-order valence-corrected chi connectivity index (χ2v) is 7.44. The van der Waals surface area contributed by atoms with E-state index in [0.717, 1.165) is 5.56 Å². The molecule has 1 N–H and O–H groups in total. The van der Waals surface area contributed by atoms with Crippen molar-refractivity contribution in [2.45, 2.75) is 30.7 Å². The number of hydrogen-bond acceptors (Lipinski definition) is 4. The highest BCUT2D eigenvalue weighted by molar-refractivity contribution is 7.89. The number of rotatable bonds is 5. The average molecular weight is 328 g/mol. The summed E-state index contributed by atoms with van der Waals surface area (Å²) in [7, 11) is -3.62. The van der Waals surface area contributed by atoms with Gasteiger partial charge in [0, 0.05) is 18.8 Å². The number of carbonyl (C=O) groups excluding carboxylic acids is 1. The smallest absolute Gasteiger partial charge is 0.243 e. The lowest BCUT2D eigenvalue weighted by Gasteiger charge is -2.23. The normalized spacial score (nSPS) is 19.6. The molecule has 1 aliphatic heterocycles. The Morgan fingerprint density at radius 3 is 2.67 bits per heavy atom. The Bertz CT molecular complexity index is 599. The highest BCUT2D eigenvalue weighted by Crippen LogP contribution is 2.26. The molecule has 0 aromatic heterocycles. The summed E-state index contributed by atoms with van der Waals surface area (Å²) in [6.45, 7) is 2.73. The molecule has 0 bridgehead atoms. The molecule has 1 amide bonds. The number of benzene rings is 1. The van der Waals surface area contributed by atoms with Crippen LogP contribution in [0.3, 0.4) is 0 Å². The Morgan fingerprint density at radius 2 is 2.05 bits per heavy atom. The second-order valence-electron chi connectivity index (χ2n) is 5.10. The van der Waals surface area contributed by atoms with Crippen LogP contribution in [0.5, 0.6) is 0 Å². The van der Waals surface area contributed by atoms with Crippen molar-refractivity contribution in [3.8, 4) is 0 Å². The van der Waals surface area contributed by atoms with E-state index in [1.807, 2.05) is 6.92 Å². The van der Waals surface area contributed by atoms with Gasteiger partial charge in [-0.1, -0.05) is 17.7 Å². The van der Waals surface area contributed by atoms with Gasteiger partial charge in [-0.25, -0.2) is 8.42 Å². The van der Waals surface area contributed by atoms with E-state index < -0.39 is 16.1 Å². The molecule has 0 unspecified atom stereocenters. The maximum Gasteiger partial charge on any atom is 0.243 e. The zero-order chi connectivity index (χ0) is 15.5. The first-order chi connectivity index (χ1) is 9.96. The second kappa shape index (κ2) is 6.81. The number of nitrogens with zero attached hydrogens (tertiary/aromatic N) is 1. The van der Waals surface area contributed by atoms with Crippen LogP contribution in [0.1, 0.15) is 18.4 Å². The number of amides is 1. The van der Waals surface area contributed by atoms with Crippen molar-refractivity contribution in [3.05, 3.63) is 29.8 Å². The maximum atomic E-state index is 12.7. The molecule has 1 aliphatic rings. The van der Waals surface area contributed by atoms with Gasteiger partial charge in [0.25, 0.3) is 0 Å². The summed E-state index contributed by atoms with van der Waals surface area (Å²) in [4.78, 5) is 12.3. The van der Waals surface area contributed by atoms with E-state index in [2.05, 4.69) is 17.9 Å². The minimum atomic E-state index is -3.62. The monoisotopic (exact) mass is 328 g/mol.